The van der Waals surface area contributed by atoms with E-state index in [-0.39, 0.29) is 13.2 Å². The SMILES string of the molecule is OCCC#Cc1cccc(OCCF)c1. The van der Waals surface area contributed by atoms with Crippen molar-refractivity contribution in [3.05, 3.63) is 29.8 Å². The molecule has 15 heavy (non-hydrogen) atoms. The van der Waals surface area contributed by atoms with Gasteiger partial charge >= 0.3 is 0 Å². The van der Waals surface area contributed by atoms with Gasteiger partial charge in [-0.25, -0.2) is 4.39 Å². The summed E-state index contributed by atoms with van der Waals surface area (Å²) in [7, 11) is 0. The molecule has 0 saturated carbocycles. The predicted molar refractivity (Wildman–Crippen MR) is 56.5 cm³/mol. The second-order valence-electron chi connectivity index (χ2n) is 2.84. The molecule has 0 fully saturated rings. The van der Waals surface area contributed by atoms with Gasteiger partial charge in [-0.3, -0.25) is 0 Å². The molecule has 0 aliphatic rings. The molecular formula is C12H13FO2. The Kier molecular flexibility index (Phi) is 5.28. The van der Waals surface area contributed by atoms with Gasteiger partial charge in [-0.15, -0.1) is 0 Å². The van der Waals surface area contributed by atoms with Crippen LogP contribution in [-0.2, 0) is 0 Å². The number of ether oxygens (including phenoxy) is 1. The Morgan fingerprint density at radius 1 is 1.40 bits per heavy atom. The summed E-state index contributed by atoms with van der Waals surface area (Å²) in [5.41, 5.74) is 0.805. The van der Waals surface area contributed by atoms with Gasteiger partial charge in [-0.1, -0.05) is 17.9 Å². The Bertz CT molecular complexity index is 352. The first kappa shape index (κ1) is 11.5. The summed E-state index contributed by atoms with van der Waals surface area (Å²) >= 11 is 0. The van der Waals surface area contributed by atoms with E-state index < -0.39 is 6.67 Å². The van der Waals surface area contributed by atoms with Crippen molar-refractivity contribution in [2.75, 3.05) is 19.9 Å². The van der Waals surface area contributed by atoms with Gasteiger partial charge in [-0.05, 0) is 18.2 Å². The number of aliphatic hydroxyl groups is 1. The van der Waals surface area contributed by atoms with E-state index in [9.17, 15) is 4.39 Å². The standard InChI is InChI=1S/C12H13FO2/c13-7-9-15-12-6-3-5-11(10-12)4-1-2-8-14/h3,5-6,10,14H,2,7-9H2. The van der Waals surface area contributed by atoms with Crippen molar-refractivity contribution in [1.82, 2.24) is 0 Å². The van der Waals surface area contributed by atoms with E-state index in [0.29, 0.717) is 12.2 Å². The van der Waals surface area contributed by atoms with Crippen LogP contribution >= 0.6 is 0 Å². The highest BCUT2D eigenvalue weighted by Gasteiger charge is 1.93. The van der Waals surface area contributed by atoms with Gasteiger partial charge in [0.15, 0.2) is 0 Å². The Balaban J connectivity index is 2.62. The molecule has 0 saturated heterocycles. The van der Waals surface area contributed by atoms with Crippen LogP contribution < -0.4 is 4.74 Å². The molecule has 0 spiro atoms. The molecule has 0 bridgehead atoms. The lowest BCUT2D eigenvalue weighted by Gasteiger charge is -2.02. The van der Waals surface area contributed by atoms with Gasteiger partial charge in [0.25, 0.3) is 0 Å². The molecule has 80 valence electrons. The van der Waals surface area contributed by atoms with E-state index in [1.807, 2.05) is 6.07 Å². The van der Waals surface area contributed by atoms with Crippen molar-refractivity contribution in [1.29, 1.82) is 0 Å². The Morgan fingerprint density at radius 2 is 2.27 bits per heavy atom. The molecular weight excluding hydrogens is 195 g/mol. The molecule has 2 nitrogen and oxygen atoms in total. The second-order valence-corrected chi connectivity index (χ2v) is 2.84. The van der Waals surface area contributed by atoms with Gasteiger partial charge in [0.1, 0.15) is 19.0 Å². The van der Waals surface area contributed by atoms with Crippen LogP contribution in [0.25, 0.3) is 0 Å². The van der Waals surface area contributed by atoms with E-state index in [1.165, 1.54) is 0 Å². The summed E-state index contributed by atoms with van der Waals surface area (Å²) in [4.78, 5) is 0. The van der Waals surface area contributed by atoms with E-state index >= 15 is 0 Å². The first-order valence-corrected chi connectivity index (χ1v) is 4.75. The maximum absolute atomic E-state index is 11.8. The van der Waals surface area contributed by atoms with Crippen LogP contribution in [0.1, 0.15) is 12.0 Å². The number of hydrogen-bond acceptors (Lipinski definition) is 2. The zero-order valence-corrected chi connectivity index (χ0v) is 8.37. The number of alkyl halides is 1. The molecule has 1 rings (SSSR count). The fourth-order valence-electron chi connectivity index (χ4n) is 1.04. The average molecular weight is 208 g/mol. The fraction of sp³-hybridized carbons (Fsp3) is 0.333. The maximum atomic E-state index is 11.8. The topological polar surface area (TPSA) is 29.5 Å². The molecule has 1 aromatic rings. The molecule has 0 amide bonds. The molecule has 1 aromatic carbocycles. The van der Waals surface area contributed by atoms with Crippen LogP contribution in [-0.4, -0.2) is 25.0 Å². The van der Waals surface area contributed by atoms with Crippen molar-refractivity contribution in [3.63, 3.8) is 0 Å². The third-order valence-electron chi connectivity index (χ3n) is 1.65. The van der Waals surface area contributed by atoms with E-state index in [2.05, 4.69) is 11.8 Å². The quantitative estimate of drug-likeness (QED) is 0.764. The molecule has 0 heterocycles. The van der Waals surface area contributed by atoms with Crippen LogP contribution in [0.4, 0.5) is 4.39 Å². The number of rotatable bonds is 4. The van der Waals surface area contributed by atoms with Crippen molar-refractivity contribution in [3.8, 4) is 17.6 Å². The lowest BCUT2D eigenvalue weighted by Crippen LogP contribution is -1.98. The minimum absolute atomic E-state index is 0.0606. The molecule has 0 unspecified atom stereocenters. The summed E-state index contributed by atoms with van der Waals surface area (Å²) in [5, 5.41) is 8.55. The summed E-state index contributed by atoms with van der Waals surface area (Å²) < 4.78 is 17.0. The molecule has 0 aliphatic heterocycles. The van der Waals surface area contributed by atoms with Gasteiger partial charge in [0, 0.05) is 12.0 Å². The largest absolute Gasteiger partial charge is 0.491 e. The van der Waals surface area contributed by atoms with Crippen molar-refractivity contribution in [2.24, 2.45) is 0 Å². The third-order valence-corrected chi connectivity index (χ3v) is 1.65. The highest BCUT2D eigenvalue weighted by Crippen LogP contribution is 2.12. The minimum atomic E-state index is -0.500. The number of halogens is 1. The smallest absolute Gasteiger partial charge is 0.123 e. The van der Waals surface area contributed by atoms with Gasteiger partial charge in [0.05, 0.1) is 6.61 Å². The summed E-state index contributed by atoms with van der Waals surface area (Å²) in [6.07, 6.45) is 0.454. The van der Waals surface area contributed by atoms with Crippen molar-refractivity contribution in [2.45, 2.75) is 6.42 Å². The van der Waals surface area contributed by atoms with Crippen LogP contribution in [0.5, 0.6) is 5.75 Å². The average Bonchev–Trinajstić information content (AvgIpc) is 2.27. The van der Waals surface area contributed by atoms with Crippen LogP contribution in [0.15, 0.2) is 24.3 Å². The fourth-order valence-corrected chi connectivity index (χ4v) is 1.04. The second kappa shape index (κ2) is 6.86. The summed E-state index contributed by atoms with van der Waals surface area (Å²) in [6, 6.07) is 7.15. The Hall–Kier alpha value is -1.53. The van der Waals surface area contributed by atoms with Gasteiger partial charge in [0.2, 0.25) is 0 Å². The van der Waals surface area contributed by atoms with Gasteiger partial charge in [-0.2, -0.15) is 0 Å². The zero-order chi connectivity index (χ0) is 10.9. The first-order chi connectivity index (χ1) is 7.36. The molecule has 0 aliphatic carbocycles. The third kappa shape index (κ3) is 4.48. The van der Waals surface area contributed by atoms with Gasteiger partial charge < -0.3 is 9.84 Å². The highest BCUT2D eigenvalue weighted by atomic mass is 19.1. The Labute approximate surface area is 88.7 Å². The molecule has 1 N–H and O–H groups in total. The molecule has 0 atom stereocenters. The normalized spacial score (nSPS) is 9.20. The summed E-state index contributed by atoms with van der Waals surface area (Å²) in [5.74, 6) is 6.30. The van der Waals surface area contributed by atoms with E-state index in [1.54, 1.807) is 18.2 Å². The van der Waals surface area contributed by atoms with Crippen LogP contribution in [0.3, 0.4) is 0 Å². The number of benzene rings is 1. The number of aliphatic hydroxyl groups excluding tert-OH is 1. The lowest BCUT2D eigenvalue weighted by molar-refractivity contribution is 0.273. The first-order valence-electron chi connectivity index (χ1n) is 4.75. The maximum Gasteiger partial charge on any atom is 0.123 e. The van der Waals surface area contributed by atoms with E-state index in [0.717, 1.165) is 5.56 Å². The van der Waals surface area contributed by atoms with Crippen LogP contribution in [0, 0.1) is 11.8 Å². The monoisotopic (exact) mass is 208 g/mol. The molecule has 0 radical (unpaired) electrons. The predicted octanol–water partition coefficient (Wildman–Crippen LogP) is 1.77. The lowest BCUT2D eigenvalue weighted by atomic mass is 10.2. The zero-order valence-electron chi connectivity index (χ0n) is 8.37. The van der Waals surface area contributed by atoms with Crippen LogP contribution in [0.2, 0.25) is 0 Å². The minimum Gasteiger partial charge on any atom is -0.491 e. The van der Waals surface area contributed by atoms with Crippen molar-refractivity contribution < 1.29 is 14.2 Å². The Morgan fingerprint density at radius 3 is 3.00 bits per heavy atom. The number of hydrogen-bond donors (Lipinski definition) is 1. The highest BCUT2D eigenvalue weighted by molar-refractivity contribution is 5.39. The van der Waals surface area contributed by atoms with Crippen molar-refractivity contribution >= 4 is 0 Å². The van der Waals surface area contributed by atoms with E-state index in [4.69, 9.17) is 9.84 Å². The molecule has 0 aromatic heterocycles. The molecule has 3 heteroatoms. The summed E-state index contributed by atoms with van der Waals surface area (Å²) in [6.45, 7) is -0.376.